The SMILES string of the molecule is CO[Si](OC)(OC)C(C)CC1=CC=CC1. The second-order valence-electron chi connectivity index (χ2n) is 3.78. The highest BCUT2D eigenvalue weighted by atomic mass is 28.4. The molecule has 86 valence electrons. The molecule has 1 unspecified atom stereocenters. The lowest BCUT2D eigenvalue weighted by Crippen LogP contribution is -2.46. The zero-order chi connectivity index (χ0) is 11.3. The molecule has 0 N–H and O–H groups in total. The summed E-state index contributed by atoms with van der Waals surface area (Å²) in [7, 11) is 2.53. The number of allylic oxidation sites excluding steroid dienone is 4. The van der Waals surface area contributed by atoms with E-state index in [9.17, 15) is 0 Å². The molecule has 0 saturated carbocycles. The average Bonchev–Trinajstić information content (AvgIpc) is 2.74. The van der Waals surface area contributed by atoms with Crippen LogP contribution in [0.3, 0.4) is 0 Å². The Kier molecular flexibility index (Phi) is 4.72. The summed E-state index contributed by atoms with van der Waals surface area (Å²) in [5.74, 6) is 0. The van der Waals surface area contributed by atoms with Crippen LogP contribution in [0.4, 0.5) is 0 Å². The van der Waals surface area contributed by atoms with Crippen LogP contribution in [-0.2, 0) is 13.3 Å². The standard InChI is InChI=1S/C11H20O3Si/c1-10(9-11-7-5-6-8-11)15(12-2,13-3)14-4/h5-7,10H,8-9H2,1-4H3. The van der Waals surface area contributed by atoms with Crippen molar-refractivity contribution < 1.29 is 13.3 Å². The molecule has 1 rings (SSSR count). The molecule has 0 aliphatic heterocycles. The first-order valence-corrected chi connectivity index (χ1v) is 6.98. The molecule has 0 radical (unpaired) electrons. The van der Waals surface area contributed by atoms with E-state index < -0.39 is 8.80 Å². The van der Waals surface area contributed by atoms with Gasteiger partial charge in [0.05, 0.1) is 0 Å². The summed E-state index contributed by atoms with van der Waals surface area (Å²) in [6, 6.07) is 0. The average molecular weight is 228 g/mol. The Bertz CT molecular complexity index is 248. The first-order chi connectivity index (χ1) is 7.18. The van der Waals surface area contributed by atoms with Crippen LogP contribution in [0.5, 0.6) is 0 Å². The minimum absolute atomic E-state index is 0.295. The Morgan fingerprint density at radius 2 is 1.87 bits per heavy atom. The van der Waals surface area contributed by atoms with Gasteiger partial charge in [0.1, 0.15) is 0 Å². The van der Waals surface area contributed by atoms with Gasteiger partial charge in [-0.3, -0.25) is 0 Å². The van der Waals surface area contributed by atoms with Crippen molar-refractivity contribution in [1.29, 1.82) is 0 Å². The normalized spacial score (nSPS) is 18.0. The summed E-state index contributed by atoms with van der Waals surface area (Å²) in [5, 5.41) is 0. The fraction of sp³-hybridized carbons (Fsp3) is 0.636. The van der Waals surface area contributed by atoms with Crippen LogP contribution in [0.15, 0.2) is 23.8 Å². The van der Waals surface area contributed by atoms with Crippen LogP contribution >= 0.6 is 0 Å². The number of rotatable bonds is 6. The van der Waals surface area contributed by atoms with Gasteiger partial charge in [-0.2, -0.15) is 0 Å². The predicted octanol–water partition coefficient (Wildman–Crippen LogP) is 2.53. The highest BCUT2D eigenvalue weighted by Crippen LogP contribution is 2.32. The largest absolute Gasteiger partial charge is 0.503 e. The molecule has 0 spiro atoms. The maximum absolute atomic E-state index is 5.46. The van der Waals surface area contributed by atoms with Crippen molar-refractivity contribution >= 4 is 8.80 Å². The van der Waals surface area contributed by atoms with Crippen molar-refractivity contribution in [2.24, 2.45) is 0 Å². The van der Waals surface area contributed by atoms with Gasteiger partial charge in [0.2, 0.25) is 0 Å². The van der Waals surface area contributed by atoms with E-state index in [1.807, 2.05) is 0 Å². The fourth-order valence-electron chi connectivity index (χ4n) is 2.01. The maximum atomic E-state index is 5.46. The van der Waals surface area contributed by atoms with E-state index in [0.717, 1.165) is 12.8 Å². The van der Waals surface area contributed by atoms with Gasteiger partial charge in [0.15, 0.2) is 0 Å². The van der Waals surface area contributed by atoms with Crippen LogP contribution in [0.2, 0.25) is 5.54 Å². The van der Waals surface area contributed by atoms with Crippen molar-refractivity contribution in [2.75, 3.05) is 21.3 Å². The highest BCUT2D eigenvalue weighted by molar-refractivity contribution is 6.62. The topological polar surface area (TPSA) is 27.7 Å². The van der Waals surface area contributed by atoms with E-state index in [-0.39, 0.29) is 0 Å². The van der Waals surface area contributed by atoms with Crippen LogP contribution in [0.25, 0.3) is 0 Å². The summed E-state index contributed by atoms with van der Waals surface area (Å²) >= 11 is 0. The second kappa shape index (κ2) is 5.60. The van der Waals surface area contributed by atoms with Gasteiger partial charge in [-0.05, 0) is 12.8 Å². The summed E-state index contributed by atoms with van der Waals surface area (Å²) in [6.45, 7) is 2.13. The van der Waals surface area contributed by atoms with Gasteiger partial charge in [-0.1, -0.05) is 30.7 Å². The molecule has 3 nitrogen and oxygen atoms in total. The van der Waals surface area contributed by atoms with Crippen LogP contribution in [-0.4, -0.2) is 30.1 Å². The molecular formula is C11H20O3Si. The quantitative estimate of drug-likeness (QED) is 0.654. The number of hydrogen-bond donors (Lipinski definition) is 0. The molecule has 0 saturated heterocycles. The molecule has 0 bridgehead atoms. The molecule has 1 aliphatic carbocycles. The monoisotopic (exact) mass is 228 g/mol. The van der Waals surface area contributed by atoms with Crippen molar-refractivity contribution in [2.45, 2.75) is 25.3 Å². The lowest BCUT2D eigenvalue weighted by Gasteiger charge is -2.30. The lowest BCUT2D eigenvalue weighted by molar-refractivity contribution is 0.113. The Hall–Kier alpha value is -0.423. The van der Waals surface area contributed by atoms with Crippen molar-refractivity contribution in [3.63, 3.8) is 0 Å². The van der Waals surface area contributed by atoms with Gasteiger partial charge in [-0.25, -0.2) is 0 Å². The third-order valence-electron chi connectivity index (χ3n) is 2.87. The first kappa shape index (κ1) is 12.6. The fourth-order valence-corrected chi connectivity index (χ4v) is 4.23. The van der Waals surface area contributed by atoms with Crippen LogP contribution < -0.4 is 0 Å². The second-order valence-corrected chi connectivity index (χ2v) is 7.20. The summed E-state index contributed by atoms with van der Waals surface area (Å²) in [6.07, 6.45) is 8.45. The summed E-state index contributed by atoms with van der Waals surface area (Å²) < 4.78 is 16.4. The third-order valence-corrected chi connectivity index (χ3v) is 5.99. The Morgan fingerprint density at radius 3 is 2.27 bits per heavy atom. The highest BCUT2D eigenvalue weighted by Gasteiger charge is 2.44. The number of hydrogen-bond acceptors (Lipinski definition) is 3. The lowest BCUT2D eigenvalue weighted by atomic mass is 10.1. The third kappa shape index (κ3) is 2.78. The zero-order valence-electron chi connectivity index (χ0n) is 9.95. The van der Waals surface area contributed by atoms with E-state index in [0.29, 0.717) is 5.54 Å². The van der Waals surface area contributed by atoms with Crippen molar-refractivity contribution in [3.8, 4) is 0 Å². The Balaban J connectivity index is 2.60. The van der Waals surface area contributed by atoms with Crippen LogP contribution in [0, 0.1) is 0 Å². The van der Waals surface area contributed by atoms with Gasteiger partial charge in [0, 0.05) is 26.9 Å². The molecule has 1 atom stereocenters. The van der Waals surface area contributed by atoms with E-state index in [4.69, 9.17) is 13.3 Å². The minimum Gasteiger partial charge on any atom is -0.377 e. The molecule has 4 heteroatoms. The summed E-state index contributed by atoms with van der Waals surface area (Å²) in [5.41, 5.74) is 1.72. The molecule has 0 fully saturated rings. The molecule has 0 aromatic carbocycles. The first-order valence-electron chi connectivity index (χ1n) is 5.18. The molecule has 0 amide bonds. The molecule has 15 heavy (non-hydrogen) atoms. The molecular weight excluding hydrogens is 208 g/mol. The van der Waals surface area contributed by atoms with Crippen molar-refractivity contribution in [1.82, 2.24) is 0 Å². The van der Waals surface area contributed by atoms with E-state index in [1.54, 1.807) is 21.3 Å². The van der Waals surface area contributed by atoms with Gasteiger partial charge < -0.3 is 13.3 Å². The molecule has 0 aromatic heterocycles. The smallest absolute Gasteiger partial charge is 0.377 e. The van der Waals surface area contributed by atoms with E-state index in [2.05, 4.69) is 25.2 Å². The van der Waals surface area contributed by atoms with Gasteiger partial charge >= 0.3 is 8.80 Å². The Morgan fingerprint density at radius 1 is 1.27 bits per heavy atom. The summed E-state index contributed by atoms with van der Waals surface area (Å²) in [4.78, 5) is 0. The molecule has 0 heterocycles. The van der Waals surface area contributed by atoms with E-state index in [1.165, 1.54) is 5.57 Å². The van der Waals surface area contributed by atoms with Gasteiger partial charge in [0.25, 0.3) is 0 Å². The molecule has 1 aliphatic rings. The van der Waals surface area contributed by atoms with Gasteiger partial charge in [-0.15, -0.1) is 0 Å². The predicted molar refractivity (Wildman–Crippen MR) is 62.7 cm³/mol. The zero-order valence-corrected chi connectivity index (χ0v) is 10.9. The van der Waals surface area contributed by atoms with Crippen LogP contribution in [0.1, 0.15) is 19.8 Å². The minimum atomic E-state index is -2.46. The Labute approximate surface area is 93.1 Å². The maximum Gasteiger partial charge on any atom is 0.503 e. The van der Waals surface area contributed by atoms with E-state index >= 15 is 0 Å². The van der Waals surface area contributed by atoms with Crippen molar-refractivity contribution in [3.05, 3.63) is 23.8 Å². The molecule has 0 aromatic rings.